The van der Waals surface area contributed by atoms with E-state index in [9.17, 15) is 9.90 Å². The third-order valence-corrected chi connectivity index (χ3v) is 3.39. The monoisotopic (exact) mass is 302 g/mol. The molecule has 3 nitrogen and oxygen atoms in total. The minimum atomic E-state index is -0.199. The summed E-state index contributed by atoms with van der Waals surface area (Å²) in [6.45, 7) is 0.575. The number of benzene rings is 2. The van der Waals surface area contributed by atoms with Crippen molar-refractivity contribution in [3.63, 3.8) is 0 Å². The molecule has 0 unspecified atom stereocenters. The van der Waals surface area contributed by atoms with Crippen LogP contribution in [-0.4, -0.2) is 23.2 Å². The first kappa shape index (κ1) is 15.4. The number of carbonyl (C=O) groups is 1. The lowest BCUT2D eigenvalue weighted by molar-refractivity contribution is 0.103. The second-order valence-electron chi connectivity index (χ2n) is 4.65. The Balaban J connectivity index is 2.07. The first-order valence-electron chi connectivity index (χ1n) is 6.89. The predicted molar refractivity (Wildman–Crippen MR) is 86.6 cm³/mol. The standard InChI is InChI=1S/C17H18O3S/c18-16-12-14(20-10-4-5-11-21)8-9-15(16)17(19)13-6-2-1-3-7-13/h1-3,6-9,12,18,21H,4-5,10-11H2. The largest absolute Gasteiger partial charge is 0.507 e. The summed E-state index contributed by atoms with van der Waals surface area (Å²) in [4.78, 5) is 12.3. The van der Waals surface area contributed by atoms with Crippen LogP contribution >= 0.6 is 12.6 Å². The van der Waals surface area contributed by atoms with Crippen LogP contribution in [0.4, 0.5) is 0 Å². The van der Waals surface area contributed by atoms with Crippen LogP contribution in [-0.2, 0) is 0 Å². The summed E-state index contributed by atoms with van der Waals surface area (Å²) in [7, 11) is 0. The summed E-state index contributed by atoms with van der Waals surface area (Å²) in [5, 5.41) is 10.0. The van der Waals surface area contributed by atoms with E-state index in [0.717, 1.165) is 18.6 Å². The molecule has 0 spiro atoms. The van der Waals surface area contributed by atoms with Crippen LogP contribution in [0.2, 0.25) is 0 Å². The van der Waals surface area contributed by atoms with Gasteiger partial charge in [0.25, 0.3) is 0 Å². The van der Waals surface area contributed by atoms with E-state index in [1.165, 1.54) is 6.07 Å². The molecule has 110 valence electrons. The number of rotatable bonds is 7. The first-order valence-corrected chi connectivity index (χ1v) is 7.52. The number of phenols is 1. The van der Waals surface area contributed by atoms with Crippen LogP contribution in [0, 0.1) is 0 Å². The van der Waals surface area contributed by atoms with Crippen molar-refractivity contribution < 1.29 is 14.6 Å². The van der Waals surface area contributed by atoms with Crippen molar-refractivity contribution >= 4 is 18.4 Å². The minimum Gasteiger partial charge on any atom is -0.507 e. The van der Waals surface area contributed by atoms with E-state index in [2.05, 4.69) is 12.6 Å². The molecule has 2 aromatic rings. The normalized spacial score (nSPS) is 10.3. The van der Waals surface area contributed by atoms with Crippen LogP contribution in [0.25, 0.3) is 0 Å². The highest BCUT2D eigenvalue weighted by Crippen LogP contribution is 2.26. The van der Waals surface area contributed by atoms with Gasteiger partial charge in [0.15, 0.2) is 5.78 Å². The molecule has 4 heteroatoms. The Hall–Kier alpha value is -1.94. The van der Waals surface area contributed by atoms with Crippen LogP contribution in [0.5, 0.6) is 11.5 Å². The highest BCUT2D eigenvalue weighted by atomic mass is 32.1. The Morgan fingerprint density at radius 3 is 2.52 bits per heavy atom. The van der Waals surface area contributed by atoms with Gasteiger partial charge in [-0.2, -0.15) is 12.6 Å². The quantitative estimate of drug-likeness (QED) is 0.465. The second-order valence-corrected chi connectivity index (χ2v) is 5.10. The molecule has 0 aliphatic carbocycles. The number of carbonyl (C=O) groups excluding carboxylic acids is 1. The Labute approximate surface area is 130 Å². The summed E-state index contributed by atoms with van der Waals surface area (Å²) in [6.07, 6.45) is 1.90. The third-order valence-electron chi connectivity index (χ3n) is 3.07. The average Bonchev–Trinajstić information content (AvgIpc) is 2.52. The molecule has 0 amide bonds. The van der Waals surface area contributed by atoms with Gasteiger partial charge in [-0.1, -0.05) is 30.3 Å². The fourth-order valence-corrected chi connectivity index (χ4v) is 2.17. The summed E-state index contributed by atoms with van der Waals surface area (Å²) >= 11 is 4.13. The molecule has 2 rings (SSSR count). The molecule has 0 saturated heterocycles. The molecule has 21 heavy (non-hydrogen) atoms. The number of hydrogen-bond acceptors (Lipinski definition) is 4. The van der Waals surface area contributed by atoms with E-state index in [1.54, 1.807) is 36.4 Å². The van der Waals surface area contributed by atoms with Gasteiger partial charge in [-0.25, -0.2) is 0 Å². The van der Waals surface area contributed by atoms with E-state index in [0.29, 0.717) is 17.9 Å². The predicted octanol–water partition coefficient (Wildman–Crippen LogP) is 3.71. The third kappa shape index (κ3) is 4.26. The number of thiol groups is 1. The van der Waals surface area contributed by atoms with Crippen LogP contribution in [0.15, 0.2) is 48.5 Å². The number of unbranched alkanes of at least 4 members (excludes halogenated alkanes) is 1. The number of hydrogen-bond donors (Lipinski definition) is 2. The SMILES string of the molecule is O=C(c1ccccc1)c1ccc(OCCCCS)cc1O. The number of ketones is 1. The zero-order chi connectivity index (χ0) is 15.1. The summed E-state index contributed by atoms with van der Waals surface area (Å²) < 4.78 is 5.52. The molecule has 0 atom stereocenters. The van der Waals surface area contributed by atoms with Crippen molar-refractivity contribution in [1.82, 2.24) is 0 Å². The minimum absolute atomic E-state index is 0.0597. The lowest BCUT2D eigenvalue weighted by Gasteiger charge is -2.08. The molecule has 0 heterocycles. The topological polar surface area (TPSA) is 46.5 Å². The van der Waals surface area contributed by atoms with Gasteiger partial charge in [0.1, 0.15) is 11.5 Å². The number of phenolic OH excluding ortho intramolecular Hbond substituents is 1. The van der Waals surface area contributed by atoms with E-state index < -0.39 is 0 Å². The van der Waals surface area contributed by atoms with Crippen molar-refractivity contribution in [2.45, 2.75) is 12.8 Å². The van der Waals surface area contributed by atoms with Gasteiger partial charge in [0.05, 0.1) is 12.2 Å². The van der Waals surface area contributed by atoms with E-state index >= 15 is 0 Å². The molecule has 0 bridgehead atoms. The fourth-order valence-electron chi connectivity index (χ4n) is 1.94. The lowest BCUT2D eigenvalue weighted by Crippen LogP contribution is -2.02. The van der Waals surface area contributed by atoms with Crippen molar-refractivity contribution in [1.29, 1.82) is 0 Å². The highest BCUT2D eigenvalue weighted by molar-refractivity contribution is 7.80. The molecule has 0 radical (unpaired) electrons. The van der Waals surface area contributed by atoms with Crippen molar-refractivity contribution in [2.24, 2.45) is 0 Å². The first-order chi connectivity index (χ1) is 10.2. The molecular weight excluding hydrogens is 284 g/mol. The molecular formula is C17H18O3S. The van der Waals surface area contributed by atoms with Crippen molar-refractivity contribution in [3.05, 3.63) is 59.7 Å². The van der Waals surface area contributed by atoms with E-state index in [4.69, 9.17) is 4.74 Å². The summed E-state index contributed by atoms with van der Waals surface area (Å²) in [5.41, 5.74) is 0.833. The zero-order valence-electron chi connectivity index (χ0n) is 11.7. The molecule has 0 aromatic heterocycles. The Morgan fingerprint density at radius 2 is 1.86 bits per heavy atom. The van der Waals surface area contributed by atoms with Crippen molar-refractivity contribution in [3.8, 4) is 11.5 Å². The lowest BCUT2D eigenvalue weighted by atomic mass is 10.0. The van der Waals surface area contributed by atoms with Gasteiger partial charge in [-0.05, 0) is 30.7 Å². The van der Waals surface area contributed by atoms with E-state index in [1.807, 2.05) is 6.07 Å². The number of ether oxygens (including phenoxy) is 1. The van der Waals surface area contributed by atoms with Crippen LogP contribution in [0.1, 0.15) is 28.8 Å². The van der Waals surface area contributed by atoms with Gasteiger partial charge in [-0.3, -0.25) is 4.79 Å². The zero-order valence-corrected chi connectivity index (χ0v) is 12.6. The molecule has 0 aliphatic rings. The fraction of sp³-hybridized carbons (Fsp3) is 0.235. The summed E-state index contributed by atoms with van der Waals surface area (Å²) in [6, 6.07) is 13.7. The maximum absolute atomic E-state index is 12.3. The average molecular weight is 302 g/mol. The summed E-state index contributed by atoms with van der Waals surface area (Å²) in [5.74, 6) is 1.14. The van der Waals surface area contributed by atoms with Crippen LogP contribution < -0.4 is 4.74 Å². The van der Waals surface area contributed by atoms with Crippen molar-refractivity contribution in [2.75, 3.05) is 12.4 Å². The highest BCUT2D eigenvalue weighted by Gasteiger charge is 2.13. The molecule has 2 aromatic carbocycles. The number of aromatic hydroxyl groups is 1. The molecule has 1 N–H and O–H groups in total. The maximum Gasteiger partial charge on any atom is 0.196 e. The maximum atomic E-state index is 12.3. The van der Waals surface area contributed by atoms with Gasteiger partial charge in [0, 0.05) is 11.6 Å². The molecule has 0 fully saturated rings. The molecule has 0 aliphatic heterocycles. The Kier molecular flexibility index (Phi) is 5.69. The Morgan fingerprint density at radius 1 is 1.10 bits per heavy atom. The second kappa shape index (κ2) is 7.74. The smallest absolute Gasteiger partial charge is 0.196 e. The van der Waals surface area contributed by atoms with E-state index in [-0.39, 0.29) is 17.1 Å². The Bertz CT molecular complexity index is 596. The van der Waals surface area contributed by atoms with Gasteiger partial charge in [0.2, 0.25) is 0 Å². The molecule has 0 saturated carbocycles. The van der Waals surface area contributed by atoms with Crippen LogP contribution in [0.3, 0.4) is 0 Å². The van der Waals surface area contributed by atoms with Gasteiger partial charge in [-0.15, -0.1) is 0 Å². The van der Waals surface area contributed by atoms with Gasteiger partial charge >= 0.3 is 0 Å². The van der Waals surface area contributed by atoms with Gasteiger partial charge < -0.3 is 9.84 Å².